The highest BCUT2D eigenvalue weighted by atomic mass is 19.1. The predicted octanol–water partition coefficient (Wildman–Crippen LogP) is 4.84. The Morgan fingerprint density at radius 2 is 1.64 bits per heavy atom. The molecule has 0 aromatic heterocycles. The zero-order valence-electron chi connectivity index (χ0n) is 14.8. The van der Waals surface area contributed by atoms with Crippen LogP contribution in [-0.2, 0) is 6.42 Å². The maximum atomic E-state index is 13.5. The summed E-state index contributed by atoms with van der Waals surface area (Å²) in [7, 11) is 0. The Bertz CT molecular complexity index is 965. The van der Waals surface area contributed by atoms with E-state index in [0.717, 1.165) is 23.3 Å². The van der Waals surface area contributed by atoms with E-state index in [0.29, 0.717) is 6.42 Å². The van der Waals surface area contributed by atoms with Gasteiger partial charge in [0.1, 0.15) is 0 Å². The molecule has 7 heteroatoms. The number of carbonyl (C=O) groups is 1. The molecule has 0 spiro atoms. The highest BCUT2D eigenvalue weighted by Gasteiger charge is 2.18. The number of nitrogens with one attached hydrogen (secondary N) is 2. The van der Waals surface area contributed by atoms with Gasteiger partial charge in [0.05, 0.1) is 11.0 Å². The van der Waals surface area contributed by atoms with Crippen LogP contribution in [0.5, 0.6) is 0 Å². The van der Waals surface area contributed by atoms with Crippen LogP contribution in [0.3, 0.4) is 0 Å². The fourth-order valence-electron chi connectivity index (χ4n) is 2.84. The van der Waals surface area contributed by atoms with Crippen molar-refractivity contribution in [2.24, 2.45) is 0 Å². The SMILES string of the molecule is O=C(Nc1ccc(F)c([N+](=O)[O-])c1)NC(Cc1ccccc1)c1ccccc1. The van der Waals surface area contributed by atoms with Gasteiger partial charge in [-0.15, -0.1) is 0 Å². The smallest absolute Gasteiger partial charge is 0.319 e. The summed E-state index contributed by atoms with van der Waals surface area (Å²) in [5.74, 6) is -0.956. The molecule has 3 aromatic rings. The number of urea groups is 1. The van der Waals surface area contributed by atoms with Gasteiger partial charge in [0.25, 0.3) is 0 Å². The molecule has 0 bridgehead atoms. The summed E-state index contributed by atoms with van der Waals surface area (Å²) in [5, 5.41) is 16.3. The number of hydrogen-bond donors (Lipinski definition) is 2. The molecule has 1 unspecified atom stereocenters. The van der Waals surface area contributed by atoms with Crippen LogP contribution in [-0.4, -0.2) is 11.0 Å². The number of carbonyl (C=O) groups excluding carboxylic acids is 1. The first kappa shape index (κ1) is 19.0. The van der Waals surface area contributed by atoms with Gasteiger partial charge in [-0.1, -0.05) is 60.7 Å². The minimum Gasteiger partial charge on any atom is -0.331 e. The summed E-state index contributed by atoms with van der Waals surface area (Å²) < 4.78 is 13.5. The molecule has 3 rings (SSSR count). The van der Waals surface area contributed by atoms with Gasteiger partial charge in [-0.05, 0) is 29.7 Å². The van der Waals surface area contributed by atoms with Crippen molar-refractivity contribution in [1.82, 2.24) is 5.32 Å². The quantitative estimate of drug-likeness (QED) is 0.475. The molecule has 142 valence electrons. The van der Waals surface area contributed by atoms with E-state index in [2.05, 4.69) is 10.6 Å². The number of nitro groups is 1. The largest absolute Gasteiger partial charge is 0.331 e. The molecular formula is C21H18FN3O3. The number of anilines is 1. The van der Waals surface area contributed by atoms with Crippen LogP contribution in [0.1, 0.15) is 17.2 Å². The molecular weight excluding hydrogens is 361 g/mol. The summed E-state index contributed by atoms with van der Waals surface area (Å²) in [5.41, 5.74) is 1.42. The van der Waals surface area contributed by atoms with Crippen molar-refractivity contribution in [2.45, 2.75) is 12.5 Å². The number of rotatable bonds is 6. The first-order chi connectivity index (χ1) is 13.5. The lowest BCUT2D eigenvalue weighted by Gasteiger charge is -2.20. The second kappa shape index (κ2) is 8.77. The zero-order valence-corrected chi connectivity index (χ0v) is 14.8. The Labute approximate surface area is 161 Å². The van der Waals surface area contributed by atoms with E-state index < -0.39 is 22.5 Å². The van der Waals surface area contributed by atoms with E-state index >= 15 is 0 Å². The summed E-state index contributed by atoms with van der Waals surface area (Å²) in [4.78, 5) is 22.5. The van der Waals surface area contributed by atoms with Crippen molar-refractivity contribution in [3.05, 3.63) is 106 Å². The van der Waals surface area contributed by atoms with Crippen LogP contribution < -0.4 is 10.6 Å². The first-order valence-electron chi connectivity index (χ1n) is 8.63. The monoisotopic (exact) mass is 379 g/mol. The van der Waals surface area contributed by atoms with Gasteiger partial charge in [0.2, 0.25) is 5.82 Å². The highest BCUT2D eigenvalue weighted by molar-refractivity contribution is 5.89. The number of halogens is 1. The molecule has 2 amide bonds. The summed E-state index contributed by atoms with van der Waals surface area (Å²) >= 11 is 0. The summed E-state index contributed by atoms with van der Waals surface area (Å²) in [6.07, 6.45) is 0.571. The molecule has 2 N–H and O–H groups in total. The molecule has 1 atom stereocenters. The zero-order chi connectivity index (χ0) is 19.9. The normalized spacial score (nSPS) is 11.5. The maximum absolute atomic E-state index is 13.5. The van der Waals surface area contributed by atoms with Crippen molar-refractivity contribution in [2.75, 3.05) is 5.32 Å². The third-order valence-corrected chi connectivity index (χ3v) is 4.19. The lowest BCUT2D eigenvalue weighted by atomic mass is 9.99. The highest BCUT2D eigenvalue weighted by Crippen LogP contribution is 2.22. The lowest BCUT2D eigenvalue weighted by Crippen LogP contribution is -2.33. The van der Waals surface area contributed by atoms with Crippen LogP contribution in [0.2, 0.25) is 0 Å². The summed E-state index contributed by atoms with van der Waals surface area (Å²) in [6.45, 7) is 0. The molecule has 0 fully saturated rings. The van der Waals surface area contributed by atoms with Crippen LogP contribution >= 0.6 is 0 Å². The maximum Gasteiger partial charge on any atom is 0.319 e. The van der Waals surface area contributed by atoms with E-state index in [1.807, 2.05) is 60.7 Å². The fraction of sp³-hybridized carbons (Fsp3) is 0.0952. The van der Waals surface area contributed by atoms with E-state index in [4.69, 9.17) is 0 Å². The lowest BCUT2D eigenvalue weighted by molar-refractivity contribution is -0.387. The van der Waals surface area contributed by atoms with E-state index in [9.17, 15) is 19.3 Å². The first-order valence-corrected chi connectivity index (χ1v) is 8.63. The molecule has 28 heavy (non-hydrogen) atoms. The van der Waals surface area contributed by atoms with Crippen LogP contribution in [0, 0.1) is 15.9 Å². The number of hydrogen-bond acceptors (Lipinski definition) is 3. The molecule has 0 radical (unpaired) electrons. The van der Waals surface area contributed by atoms with Crippen molar-refractivity contribution < 1.29 is 14.1 Å². The molecule has 0 heterocycles. The van der Waals surface area contributed by atoms with Gasteiger partial charge in [0, 0.05) is 11.8 Å². The van der Waals surface area contributed by atoms with Gasteiger partial charge in [-0.2, -0.15) is 4.39 Å². The Hall–Kier alpha value is -3.74. The van der Waals surface area contributed by atoms with Crippen LogP contribution in [0.15, 0.2) is 78.9 Å². The number of benzene rings is 3. The second-order valence-electron chi connectivity index (χ2n) is 6.17. The Morgan fingerprint density at radius 3 is 2.29 bits per heavy atom. The molecule has 3 aromatic carbocycles. The minimum atomic E-state index is -0.956. The van der Waals surface area contributed by atoms with Crippen LogP contribution in [0.25, 0.3) is 0 Å². The van der Waals surface area contributed by atoms with Crippen molar-refractivity contribution in [3.8, 4) is 0 Å². The van der Waals surface area contributed by atoms with Gasteiger partial charge >= 0.3 is 11.7 Å². The topological polar surface area (TPSA) is 84.3 Å². The van der Waals surface area contributed by atoms with Gasteiger partial charge in [-0.25, -0.2) is 4.79 Å². The molecule has 6 nitrogen and oxygen atoms in total. The average Bonchev–Trinajstić information content (AvgIpc) is 2.70. The average molecular weight is 379 g/mol. The predicted molar refractivity (Wildman–Crippen MR) is 105 cm³/mol. The third-order valence-electron chi connectivity index (χ3n) is 4.19. The van der Waals surface area contributed by atoms with Crippen LogP contribution in [0.4, 0.5) is 20.6 Å². The molecule has 0 aliphatic carbocycles. The minimum absolute atomic E-state index is 0.136. The molecule has 0 saturated heterocycles. The number of nitrogens with zero attached hydrogens (tertiary/aromatic N) is 1. The Morgan fingerprint density at radius 1 is 1.00 bits per heavy atom. The molecule has 0 aliphatic rings. The standard InChI is InChI=1S/C21H18FN3O3/c22-18-12-11-17(14-20(18)25(27)28)23-21(26)24-19(16-9-5-2-6-10-16)13-15-7-3-1-4-8-15/h1-12,14,19H,13H2,(H2,23,24,26). The Balaban J connectivity index is 1.76. The molecule has 0 saturated carbocycles. The van der Waals surface area contributed by atoms with Crippen molar-refractivity contribution >= 4 is 17.4 Å². The third kappa shape index (κ3) is 4.91. The van der Waals surface area contributed by atoms with Gasteiger partial charge < -0.3 is 10.6 Å². The van der Waals surface area contributed by atoms with Gasteiger partial charge in [-0.3, -0.25) is 10.1 Å². The number of amides is 2. The van der Waals surface area contributed by atoms with E-state index in [-0.39, 0.29) is 11.7 Å². The van der Waals surface area contributed by atoms with E-state index in [1.165, 1.54) is 6.07 Å². The van der Waals surface area contributed by atoms with Crippen molar-refractivity contribution in [3.63, 3.8) is 0 Å². The Kier molecular flexibility index (Phi) is 5.96. The summed E-state index contributed by atoms with van der Waals surface area (Å²) in [6, 6.07) is 21.6. The number of nitro benzene ring substituents is 1. The van der Waals surface area contributed by atoms with Crippen molar-refractivity contribution in [1.29, 1.82) is 0 Å². The second-order valence-corrected chi connectivity index (χ2v) is 6.17. The molecule has 0 aliphatic heterocycles. The van der Waals surface area contributed by atoms with E-state index in [1.54, 1.807) is 0 Å². The van der Waals surface area contributed by atoms with Gasteiger partial charge in [0.15, 0.2) is 0 Å². The fourth-order valence-corrected chi connectivity index (χ4v) is 2.84.